The van der Waals surface area contributed by atoms with Crippen LogP contribution in [-0.4, -0.2) is 0 Å². The molecule has 1 aliphatic rings. The van der Waals surface area contributed by atoms with Crippen molar-refractivity contribution >= 4 is 0 Å². The highest BCUT2D eigenvalue weighted by atomic mass is 14.9. The highest BCUT2D eigenvalue weighted by Crippen LogP contribution is 2.42. The number of pyridine rings is 1. The number of fused-ring (bicyclic) bond motifs is 3. The Balaban J connectivity index is 1.71. The highest BCUT2D eigenvalue weighted by Gasteiger charge is 2.26. The van der Waals surface area contributed by atoms with E-state index in [0.717, 1.165) is 6.42 Å². The average Bonchev–Trinajstić information content (AvgIpc) is 3.09. The van der Waals surface area contributed by atoms with Gasteiger partial charge in [0.15, 0.2) is 6.20 Å². The summed E-state index contributed by atoms with van der Waals surface area (Å²) in [4.78, 5) is 0. The Morgan fingerprint density at radius 3 is 2.17 bits per heavy atom. The summed E-state index contributed by atoms with van der Waals surface area (Å²) < 4.78 is 2.31. The molecule has 1 aromatic heterocycles. The third-order valence-electron chi connectivity index (χ3n) is 6.37. The van der Waals surface area contributed by atoms with Crippen LogP contribution in [0.2, 0.25) is 0 Å². The van der Waals surface area contributed by atoms with Gasteiger partial charge in [0.25, 0.3) is 0 Å². The maximum Gasteiger partial charge on any atom is 0.213 e. The molecule has 0 N–H and O–H groups in total. The molecule has 142 valence electrons. The SMILES string of the molecule is Cc1ccccc1-c1c[n+](C)c(-c2c(C)ccc3c2Cc2ccccc2-3)cc1C. The van der Waals surface area contributed by atoms with Crippen molar-refractivity contribution in [2.24, 2.45) is 7.05 Å². The lowest BCUT2D eigenvalue weighted by atomic mass is 9.91. The molecule has 0 unspecified atom stereocenters. The number of aryl methyl sites for hydroxylation is 4. The quantitative estimate of drug-likeness (QED) is 0.316. The second kappa shape index (κ2) is 6.70. The van der Waals surface area contributed by atoms with Crippen molar-refractivity contribution in [2.45, 2.75) is 27.2 Å². The topological polar surface area (TPSA) is 3.88 Å². The van der Waals surface area contributed by atoms with Gasteiger partial charge in [-0.3, -0.25) is 0 Å². The van der Waals surface area contributed by atoms with E-state index < -0.39 is 0 Å². The van der Waals surface area contributed by atoms with Crippen molar-refractivity contribution in [3.05, 3.63) is 101 Å². The standard InChI is InChI=1S/C28H26N/c1-18-9-5-7-11-22(18)26-17-29(4)27(15-20(26)3)28-19(2)13-14-24-23-12-8-6-10-21(23)16-25(24)28/h5-15,17H,16H2,1-4H3/q+1. The van der Waals surface area contributed by atoms with E-state index in [1.807, 2.05) is 0 Å². The summed E-state index contributed by atoms with van der Waals surface area (Å²) in [5.41, 5.74) is 15.0. The molecule has 29 heavy (non-hydrogen) atoms. The maximum absolute atomic E-state index is 2.37. The predicted octanol–water partition coefficient (Wildman–Crippen LogP) is 6.34. The first-order valence-corrected chi connectivity index (χ1v) is 10.3. The maximum atomic E-state index is 2.37. The van der Waals surface area contributed by atoms with E-state index in [1.165, 1.54) is 61.3 Å². The van der Waals surface area contributed by atoms with Gasteiger partial charge in [-0.05, 0) is 71.7 Å². The zero-order valence-corrected chi connectivity index (χ0v) is 17.6. The van der Waals surface area contributed by atoms with E-state index in [-0.39, 0.29) is 0 Å². The fraction of sp³-hybridized carbons (Fsp3) is 0.179. The molecule has 1 heterocycles. The number of hydrogen-bond acceptors (Lipinski definition) is 0. The van der Waals surface area contributed by atoms with Gasteiger partial charge in [0.2, 0.25) is 5.69 Å². The van der Waals surface area contributed by atoms with Crippen LogP contribution in [0, 0.1) is 20.8 Å². The number of hydrogen-bond donors (Lipinski definition) is 0. The second-order valence-corrected chi connectivity index (χ2v) is 8.30. The molecule has 0 atom stereocenters. The Morgan fingerprint density at radius 2 is 1.38 bits per heavy atom. The van der Waals surface area contributed by atoms with Crippen LogP contribution < -0.4 is 4.57 Å². The zero-order valence-electron chi connectivity index (χ0n) is 17.6. The zero-order chi connectivity index (χ0) is 20.1. The molecule has 1 aliphatic carbocycles. The smallest absolute Gasteiger partial charge is 0.200 e. The van der Waals surface area contributed by atoms with Crippen LogP contribution in [0.4, 0.5) is 0 Å². The van der Waals surface area contributed by atoms with E-state index in [2.05, 4.69) is 105 Å². The van der Waals surface area contributed by atoms with E-state index in [0.29, 0.717) is 0 Å². The van der Waals surface area contributed by atoms with Crippen molar-refractivity contribution in [1.82, 2.24) is 0 Å². The molecule has 0 aliphatic heterocycles. The van der Waals surface area contributed by atoms with E-state index in [9.17, 15) is 0 Å². The minimum Gasteiger partial charge on any atom is -0.200 e. The fourth-order valence-electron chi connectivity index (χ4n) is 4.84. The normalized spacial score (nSPS) is 12.0. The molecule has 5 rings (SSSR count). The van der Waals surface area contributed by atoms with Crippen LogP contribution >= 0.6 is 0 Å². The van der Waals surface area contributed by atoms with Crippen LogP contribution in [0.15, 0.2) is 72.9 Å². The molecule has 0 amide bonds. The molecular weight excluding hydrogens is 350 g/mol. The largest absolute Gasteiger partial charge is 0.213 e. The third-order valence-corrected chi connectivity index (χ3v) is 6.37. The van der Waals surface area contributed by atoms with Crippen molar-refractivity contribution in [1.29, 1.82) is 0 Å². The number of rotatable bonds is 2. The van der Waals surface area contributed by atoms with Gasteiger partial charge < -0.3 is 0 Å². The number of benzene rings is 3. The van der Waals surface area contributed by atoms with Crippen molar-refractivity contribution < 1.29 is 4.57 Å². The highest BCUT2D eigenvalue weighted by molar-refractivity contribution is 5.85. The Morgan fingerprint density at radius 1 is 0.655 bits per heavy atom. The summed E-state index contributed by atoms with van der Waals surface area (Å²) in [5.74, 6) is 0. The van der Waals surface area contributed by atoms with Gasteiger partial charge in [0.05, 0.1) is 5.56 Å². The third kappa shape index (κ3) is 2.81. The van der Waals surface area contributed by atoms with E-state index >= 15 is 0 Å². The predicted molar refractivity (Wildman–Crippen MR) is 121 cm³/mol. The molecule has 4 aromatic rings. The molecule has 0 saturated carbocycles. The van der Waals surface area contributed by atoms with Crippen molar-refractivity contribution in [2.75, 3.05) is 0 Å². The molecule has 1 heteroatoms. The first kappa shape index (κ1) is 17.9. The fourth-order valence-corrected chi connectivity index (χ4v) is 4.84. The summed E-state index contributed by atoms with van der Waals surface area (Å²) >= 11 is 0. The van der Waals surface area contributed by atoms with Crippen LogP contribution in [0.5, 0.6) is 0 Å². The minimum absolute atomic E-state index is 1.01. The van der Waals surface area contributed by atoms with E-state index in [1.54, 1.807) is 0 Å². The lowest BCUT2D eigenvalue weighted by Crippen LogP contribution is -2.32. The first-order chi connectivity index (χ1) is 14.0. The summed E-state index contributed by atoms with van der Waals surface area (Å²) in [6.07, 6.45) is 3.31. The van der Waals surface area contributed by atoms with Crippen molar-refractivity contribution in [3.8, 4) is 33.5 Å². The van der Waals surface area contributed by atoms with Gasteiger partial charge in [-0.15, -0.1) is 0 Å². The Bertz CT molecular complexity index is 1260. The Hall–Kier alpha value is -3.19. The molecule has 1 nitrogen and oxygen atoms in total. The Labute approximate surface area is 173 Å². The van der Waals surface area contributed by atoms with E-state index in [4.69, 9.17) is 0 Å². The van der Waals surface area contributed by atoms with Crippen LogP contribution in [0.25, 0.3) is 33.5 Å². The summed E-state index contributed by atoms with van der Waals surface area (Å²) in [6, 6.07) is 24.4. The molecule has 0 spiro atoms. The van der Waals surface area contributed by atoms with Gasteiger partial charge in [0.1, 0.15) is 7.05 Å². The minimum atomic E-state index is 1.01. The van der Waals surface area contributed by atoms with Crippen LogP contribution in [0.3, 0.4) is 0 Å². The number of aromatic nitrogens is 1. The summed E-state index contributed by atoms with van der Waals surface area (Å²) in [5, 5.41) is 0. The Kier molecular flexibility index (Phi) is 4.13. The molecule has 0 radical (unpaired) electrons. The van der Waals surface area contributed by atoms with Crippen LogP contribution in [-0.2, 0) is 13.5 Å². The molecule has 3 aromatic carbocycles. The van der Waals surface area contributed by atoms with Crippen molar-refractivity contribution in [3.63, 3.8) is 0 Å². The number of nitrogens with zero attached hydrogens (tertiary/aromatic N) is 1. The molecule has 0 saturated heterocycles. The van der Waals surface area contributed by atoms with Gasteiger partial charge in [-0.1, -0.05) is 60.7 Å². The first-order valence-electron chi connectivity index (χ1n) is 10.3. The monoisotopic (exact) mass is 376 g/mol. The summed E-state index contributed by atoms with van der Waals surface area (Å²) in [7, 11) is 2.18. The molecule has 0 bridgehead atoms. The lowest BCUT2D eigenvalue weighted by molar-refractivity contribution is -0.660. The van der Waals surface area contributed by atoms with Gasteiger partial charge in [-0.25, -0.2) is 4.57 Å². The molecular formula is C28H26N+. The lowest BCUT2D eigenvalue weighted by Gasteiger charge is -2.14. The second-order valence-electron chi connectivity index (χ2n) is 8.30. The van der Waals surface area contributed by atoms with Gasteiger partial charge in [-0.2, -0.15) is 0 Å². The van der Waals surface area contributed by atoms with Crippen LogP contribution in [0.1, 0.15) is 27.8 Å². The molecule has 0 fully saturated rings. The summed E-state index contributed by atoms with van der Waals surface area (Å²) in [6.45, 7) is 6.66. The average molecular weight is 377 g/mol. The van der Waals surface area contributed by atoms with Gasteiger partial charge >= 0.3 is 0 Å². The van der Waals surface area contributed by atoms with Gasteiger partial charge in [0, 0.05) is 11.6 Å².